The fourth-order valence-electron chi connectivity index (χ4n) is 1.63. The fraction of sp³-hybridized carbons (Fsp3) is 0.800. The van der Waals surface area contributed by atoms with Crippen LogP contribution in [0.4, 0.5) is 0 Å². The highest BCUT2D eigenvalue weighted by molar-refractivity contribution is 5.76. The van der Waals surface area contributed by atoms with E-state index in [4.69, 9.17) is 5.26 Å². The van der Waals surface area contributed by atoms with E-state index < -0.39 is 0 Å². The number of carbonyl (C=O) groups excluding carboxylic acids is 1. The summed E-state index contributed by atoms with van der Waals surface area (Å²) >= 11 is 0. The highest BCUT2D eigenvalue weighted by Gasteiger charge is 2.19. The minimum absolute atomic E-state index is 0.254. The predicted octanol–water partition coefficient (Wildman–Crippen LogP) is 0.454. The third-order valence-corrected chi connectivity index (χ3v) is 2.48. The van der Waals surface area contributed by atoms with Crippen LogP contribution in [0.3, 0.4) is 0 Å². The molecule has 1 rings (SSSR count). The zero-order valence-corrected chi connectivity index (χ0v) is 8.70. The lowest BCUT2D eigenvalue weighted by atomic mass is 10.2. The van der Waals surface area contributed by atoms with Gasteiger partial charge in [-0.25, -0.2) is 0 Å². The number of carbonyl (C=O) groups is 1. The molecule has 0 aromatic heterocycles. The zero-order valence-electron chi connectivity index (χ0n) is 8.70. The van der Waals surface area contributed by atoms with Crippen molar-refractivity contribution in [3.63, 3.8) is 0 Å². The van der Waals surface area contributed by atoms with Crippen LogP contribution in [-0.2, 0) is 4.79 Å². The Morgan fingerprint density at radius 1 is 1.36 bits per heavy atom. The molecule has 1 aliphatic rings. The molecule has 1 fully saturated rings. The second kappa shape index (κ2) is 5.61. The minimum atomic E-state index is 0.254. The molecule has 0 N–H and O–H groups in total. The van der Waals surface area contributed by atoms with E-state index in [1.54, 1.807) is 0 Å². The lowest BCUT2D eigenvalue weighted by Gasteiger charge is -2.33. The highest BCUT2D eigenvalue weighted by atomic mass is 16.2. The predicted molar refractivity (Wildman–Crippen MR) is 53.5 cm³/mol. The summed E-state index contributed by atoms with van der Waals surface area (Å²) in [6, 6.07) is 2.13. The summed E-state index contributed by atoms with van der Waals surface area (Å²) in [4.78, 5) is 15.5. The van der Waals surface area contributed by atoms with Crippen LogP contribution in [0.15, 0.2) is 0 Å². The van der Waals surface area contributed by atoms with E-state index in [0.717, 1.165) is 32.6 Å². The van der Waals surface area contributed by atoms with Gasteiger partial charge in [0.1, 0.15) is 0 Å². The van der Waals surface area contributed by atoms with Crippen LogP contribution in [0.1, 0.15) is 19.8 Å². The average Bonchev–Trinajstić information content (AvgIpc) is 2.20. The summed E-state index contributed by atoms with van der Waals surface area (Å²) in [5, 5.41) is 8.51. The second-order valence-electron chi connectivity index (χ2n) is 3.57. The third kappa shape index (κ3) is 3.00. The summed E-state index contributed by atoms with van der Waals surface area (Å²) < 4.78 is 0. The van der Waals surface area contributed by atoms with Crippen molar-refractivity contribution < 1.29 is 4.79 Å². The number of nitriles is 1. The molecule has 1 aliphatic heterocycles. The molecule has 1 amide bonds. The third-order valence-electron chi connectivity index (χ3n) is 2.48. The lowest BCUT2D eigenvalue weighted by molar-refractivity contribution is -0.132. The van der Waals surface area contributed by atoms with Crippen LogP contribution < -0.4 is 0 Å². The SMILES string of the molecule is CCCC(=O)N1CCN(CC#N)CC1. The molecule has 0 radical (unpaired) electrons. The Bertz CT molecular complexity index is 226. The van der Waals surface area contributed by atoms with E-state index in [-0.39, 0.29) is 5.91 Å². The van der Waals surface area contributed by atoms with Gasteiger partial charge in [0, 0.05) is 32.6 Å². The number of hydrogen-bond acceptors (Lipinski definition) is 3. The van der Waals surface area contributed by atoms with Gasteiger partial charge in [0.05, 0.1) is 12.6 Å². The largest absolute Gasteiger partial charge is 0.340 e. The first kappa shape index (κ1) is 11.0. The van der Waals surface area contributed by atoms with Gasteiger partial charge in [-0.1, -0.05) is 6.92 Å². The van der Waals surface area contributed by atoms with Crippen molar-refractivity contribution in [2.75, 3.05) is 32.7 Å². The maximum Gasteiger partial charge on any atom is 0.222 e. The molecule has 4 nitrogen and oxygen atoms in total. The van der Waals surface area contributed by atoms with Crippen LogP contribution >= 0.6 is 0 Å². The molecule has 0 spiro atoms. The van der Waals surface area contributed by atoms with E-state index in [1.165, 1.54) is 0 Å². The Morgan fingerprint density at radius 3 is 2.50 bits per heavy atom. The van der Waals surface area contributed by atoms with Gasteiger partial charge in [-0.2, -0.15) is 5.26 Å². The molecule has 0 aromatic rings. The molecule has 1 saturated heterocycles. The van der Waals surface area contributed by atoms with Gasteiger partial charge in [-0.15, -0.1) is 0 Å². The number of hydrogen-bond donors (Lipinski definition) is 0. The van der Waals surface area contributed by atoms with Crippen molar-refractivity contribution in [3.05, 3.63) is 0 Å². The van der Waals surface area contributed by atoms with Gasteiger partial charge in [-0.05, 0) is 6.42 Å². The lowest BCUT2D eigenvalue weighted by Crippen LogP contribution is -2.48. The van der Waals surface area contributed by atoms with Crippen LogP contribution in [0.25, 0.3) is 0 Å². The molecular formula is C10H17N3O. The molecule has 0 aliphatic carbocycles. The van der Waals surface area contributed by atoms with E-state index in [9.17, 15) is 4.79 Å². The van der Waals surface area contributed by atoms with E-state index >= 15 is 0 Å². The van der Waals surface area contributed by atoms with Crippen molar-refractivity contribution in [1.29, 1.82) is 5.26 Å². The van der Waals surface area contributed by atoms with Crippen LogP contribution in [-0.4, -0.2) is 48.4 Å². The molecule has 4 heteroatoms. The summed E-state index contributed by atoms with van der Waals surface area (Å²) in [5.74, 6) is 0.254. The van der Waals surface area contributed by atoms with Gasteiger partial charge >= 0.3 is 0 Å². The molecule has 0 saturated carbocycles. The maximum atomic E-state index is 11.5. The Kier molecular flexibility index (Phi) is 4.41. The molecule has 0 atom stereocenters. The molecule has 14 heavy (non-hydrogen) atoms. The second-order valence-corrected chi connectivity index (χ2v) is 3.57. The van der Waals surface area contributed by atoms with Crippen LogP contribution in [0.5, 0.6) is 0 Å². The first-order chi connectivity index (χ1) is 6.77. The smallest absolute Gasteiger partial charge is 0.222 e. The molecule has 78 valence electrons. The molecule has 1 heterocycles. The molecule has 0 aromatic carbocycles. The van der Waals surface area contributed by atoms with Crippen LogP contribution in [0, 0.1) is 11.3 Å². The zero-order chi connectivity index (χ0) is 10.4. The summed E-state index contributed by atoms with van der Waals surface area (Å²) in [7, 11) is 0. The normalized spacial score (nSPS) is 17.9. The van der Waals surface area contributed by atoms with E-state index in [1.807, 2.05) is 11.8 Å². The molecule has 0 bridgehead atoms. The Morgan fingerprint density at radius 2 is 2.00 bits per heavy atom. The van der Waals surface area contributed by atoms with E-state index in [0.29, 0.717) is 13.0 Å². The number of nitrogens with zero attached hydrogens (tertiary/aromatic N) is 3. The number of amides is 1. The van der Waals surface area contributed by atoms with E-state index in [2.05, 4.69) is 11.0 Å². The fourth-order valence-corrected chi connectivity index (χ4v) is 1.63. The van der Waals surface area contributed by atoms with Gasteiger partial charge in [-0.3, -0.25) is 9.69 Å². The number of piperazine rings is 1. The van der Waals surface area contributed by atoms with Gasteiger partial charge in [0.15, 0.2) is 0 Å². The van der Waals surface area contributed by atoms with Gasteiger partial charge in [0.25, 0.3) is 0 Å². The van der Waals surface area contributed by atoms with Crippen molar-refractivity contribution in [2.24, 2.45) is 0 Å². The first-order valence-electron chi connectivity index (χ1n) is 5.15. The average molecular weight is 195 g/mol. The summed E-state index contributed by atoms with van der Waals surface area (Å²) in [6.07, 6.45) is 1.56. The summed E-state index contributed by atoms with van der Waals surface area (Å²) in [5.41, 5.74) is 0. The van der Waals surface area contributed by atoms with Crippen molar-refractivity contribution in [2.45, 2.75) is 19.8 Å². The maximum absolute atomic E-state index is 11.5. The van der Waals surface area contributed by atoms with Crippen LogP contribution in [0.2, 0.25) is 0 Å². The van der Waals surface area contributed by atoms with Gasteiger partial charge in [0.2, 0.25) is 5.91 Å². The molecular weight excluding hydrogens is 178 g/mol. The van der Waals surface area contributed by atoms with Gasteiger partial charge < -0.3 is 4.90 Å². The van der Waals surface area contributed by atoms with Crippen molar-refractivity contribution in [3.8, 4) is 6.07 Å². The highest BCUT2D eigenvalue weighted by Crippen LogP contribution is 2.04. The Balaban J connectivity index is 2.28. The minimum Gasteiger partial charge on any atom is -0.340 e. The van der Waals surface area contributed by atoms with Crippen molar-refractivity contribution in [1.82, 2.24) is 9.80 Å². The monoisotopic (exact) mass is 195 g/mol. The topological polar surface area (TPSA) is 47.3 Å². The summed E-state index contributed by atoms with van der Waals surface area (Å²) in [6.45, 7) is 5.73. The standard InChI is InChI=1S/C10H17N3O/c1-2-3-10(14)13-8-6-12(5-4-11)7-9-13/h2-3,5-9H2,1H3. The quantitative estimate of drug-likeness (QED) is 0.614. The Labute approximate surface area is 85.1 Å². The van der Waals surface area contributed by atoms with Crippen molar-refractivity contribution >= 4 is 5.91 Å². The first-order valence-corrected chi connectivity index (χ1v) is 5.15. The Hall–Kier alpha value is -1.08. The molecule has 0 unspecified atom stereocenters. The number of rotatable bonds is 3.